The first-order valence-corrected chi connectivity index (χ1v) is 12.7. The molecule has 0 saturated heterocycles. The van der Waals surface area contributed by atoms with Crippen LogP contribution in [0.5, 0.6) is 11.5 Å². The molecular weight excluding hydrogens is 569 g/mol. The van der Waals surface area contributed by atoms with Crippen molar-refractivity contribution in [3.05, 3.63) is 123 Å². The van der Waals surface area contributed by atoms with E-state index in [1.54, 1.807) is 30.3 Å². The summed E-state index contributed by atoms with van der Waals surface area (Å²) >= 11 is 11.8. The van der Waals surface area contributed by atoms with Gasteiger partial charge >= 0.3 is 23.8 Å². The molecule has 0 spiro atoms. The highest BCUT2D eigenvalue weighted by molar-refractivity contribution is 6.39. The minimum atomic E-state index is -1.02. The summed E-state index contributed by atoms with van der Waals surface area (Å²) in [5.41, 5.74) is 4.18. The van der Waals surface area contributed by atoms with Crippen molar-refractivity contribution < 1.29 is 28.7 Å². The van der Waals surface area contributed by atoms with Crippen LogP contribution in [-0.2, 0) is 9.59 Å². The molecule has 206 valence electrons. The summed E-state index contributed by atoms with van der Waals surface area (Å²) in [7, 11) is 0. The first kappa shape index (κ1) is 29.0. The number of rotatable bonds is 7. The molecule has 2 N–H and O–H groups in total. The van der Waals surface area contributed by atoms with Crippen LogP contribution in [-0.4, -0.2) is 30.0 Å². The Morgan fingerprint density at radius 3 is 1.95 bits per heavy atom. The highest BCUT2D eigenvalue weighted by Gasteiger charge is 2.16. The summed E-state index contributed by atoms with van der Waals surface area (Å²) in [5, 5.41) is 7.18. The normalized spacial score (nSPS) is 10.6. The fraction of sp³-hybridized carbons (Fsp3) is 0.0333. The second-order valence-electron chi connectivity index (χ2n) is 8.52. The maximum absolute atomic E-state index is 12.8. The van der Waals surface area contributed by atoms with Gasteiger partial charge in [0.15, 0.2) is 0 Å². The molecule has 2 amide bonds. The third kappa shape index (κ3) is 8.25. The molecule has 0 aliphatic heterocycles. The van der Waals surface area contributed by atoms with Crippen LogP contribution in [0, 0.1) is 6.92 Å². The van der Waals surface area contributed by atoms with Crippen molar-refractivity contribution in [2.45, 2.75) is 6.92 Å². The van der Waals surface area contributed by atoms with Crippen LogP contribution in [0.1, 0.15) is 31.8 Å². The van der Waals surface area contributed by atoms with E-state index in [1.807, 2.05) is 13.0 Å². The SMILES string of the molecule is Cc1cccc(NC(=O)C(=O)N/N=C\c2ccc(OC(=O)c3ccc(Cl)cc3)cc2OC(=O)c2ccc(Cl)cc2)c1. The predicted molar refractivity (Wildman–Crippen MR) is 155 cm³/mol. The molecule has 41 heavy (non-hydrogen) atoms. The molecule has 9 nitrogen and oxygen atoms in total. The molecule has 4 aromatic carbocycles. The van der Waals surface area contributed by atoms with E-state index in [9.17, 15) is 19.2 Å². The average molecular weight is 590 g/mol. The zero-order chi connectivity index (χ0) is 29.4. The van der Waals surface area contributed by atoms with E-state index in [2.05, 4.69) is 15.8 Å². The van der Waals surface area contributed by atoms with Crippen molar-refractivity contribution in [3.8, 4) is 11.5 Å². The Balaban J connectivity index is 1.51. The Bertz CT molecular complexity index is 1640. The van der Waals surface area contributed by atoms with Gasteiger partial charge in [-0.15, -0.1) is 0 Å². The third-order valence-corrected chi connectivity index (χ3v) is 5.91. The number of aryl methyl sites for hydroxylation is 1. The van der Waals surface area contributed by atoms with Gasteiger partial charge in [-0.3, -0.25) is 9.59 Å². The van der Waals surface area contributed by atoms with Gasteiger partial charge in [-0.05, 0) is 85.3 Å². The lowest BCUT2D eigenvalue weighted by atomic mass is 10.2. The van der Waals surface area contributed by atoms with Crippen molar-refractivity contribution in [1.82, 2.24) is 5.43 Å². The van der Waals surface area contributed by atoms with Gasteiger partial charge in [0.2, 0.25) is 0 Å². The fourth-order valence-corrected chi connectivity index (χ4v) is 3.64. The molecule has 0 atom stereocenters. The number of hydrazone groups is 1. The molecule has 11 heteroatoms. The van der Waals surface area contributed by atoms with Crippen molar-refractivity contribution in [2.24, 2.45) is 5.10 Å². The summed E-state index contributed by atoms with van der Waals surface area (Å²) in [5.74, 6) is -3.29. The number of anilines is 1. The third-order valence-electron chi connectivity index (χ3n) is 5.41. The van der Waals surface area contributed by atoms with Crippen molar-refractivity contribution >= 4 is 58.9 Å². The monoisotopic (exact) mass is 589 g/mol. The maximum Gasteiger partial charge on any atom is 0.343 e. The van der Waals surface area contributed by atoms with Crippen LogP contribution >= 0.6 is 23.2 Å². The highest BCUT2D eigenvalue weighted by Crippen LogP contribution is 2.26. The summed E-state index contributed by atoms with van der Waals surface area (Å²) in [4.78, 5) is 49.8. The number of ether oxygens (including phenoxy) is 2. The van der Waals surface area contributed by atoms with Crippen LogP contribution in [0.2, 0.25) is 10.0 Å². The molecule has 0 aliphatic rings. The van der Waals surface area contributed by atoms with Gasteiger partial charge in [-0.2, -0.15) is 5.10 Å². The minimum Gasteiger partial charge on any atom is -0.423 e. The van der Waals surface area contributed by atoms with Gasteiger partial charge in [0.1, 0.15) is 11.5 Å². The lowest BCUT2D eigenvalue weighted by Gasteiger charge is -2.11. The molecule has 0 saturated carbocycles. The van der Waals surface area contributed by atoms with Crippen molar-refractivity contribution in [3.63, 3.8) is 0 Å². The van der Waals surface area contributed by atoms with Gasteiger partial charge in [-0.25, -0.2) is 15.0 Å². The maximum atomic E-state index is 12.8. The summed E-state index contributed by atoms with van der Waals surface area (Å²) in [6.07, 6.45) is 1.17. The molecule has 0 fully saturated rings. The summed E-state index contributed by atoms with van der Waals surface area (Å²) in [6, 6.07) is 23.3. The Morgan fingerprint density at radius 1 is 0.732 bits per heavy atom. The molecule has 0 aliphatic carbocycles. The second kappa shape index (κ2) is 13.4. The van der Waals surface area contributed by atoms with Crippen molar-refractivity contribution in [2.75, 3.05) is 5.32 Å². The molecule has 4 rings (SSSR count). The Morgan fingerprint density at radius 2 is 1.34 bits per heavy atom. The van der Waals surface area contributed by atoms with Gasteiger partial charge in [0.25, 0.3) is 0 Å². The Kier molecular flexibility index (Phi) is 9.47. The van der Waals surface area contributed by atoms with E-state index >= 15 is 0 Å². The van der Waals surface area contributed by atoms with E-state index < -0.39 is 23.8 Å². The number of carbonyl (C=O) groups is 4. The van der Waals surface area contributed by atoms with E-state index in [1.165, 1.54) is 60.8 Å². The topological polar surface area (TPSA) is 123 Å². The highest BCUT2D eigenvalue weighted by atomic mass is 35.5. The standard InChI is InChI=1S/C30H21Cl2N3O6/c1-18-3-2-4-24(15-18)34-27(36)28(37)35-33-17-21-9-14-25(40-29(38)19-5-10-22(31)11-6-19)16-26(21)41-30(39)20-7-12-23(32)13-8-20/h2-17H,1H3,(H,34,36)(H,35,37)/b33-17-. The fourth-order valence-electron chi connectivity index (χ4n) is 3.39. The number of hydrogen-bond donors (Lipinski definition) is 2. The molecular formula is C30H21Cl2N3O6. The van der Waals surface area contributed by atoms with E-state index in [0.29, 0.717) is 15.7 Å². The zero-order valence-electron chi connectivity index (χ0n) is 21.4. The minimum absolute atomic E-state index is 0.0337. The smallest absolute Gasteiger partial charge is 0.343 e. The van der Waals surface area contributed by atoms with Gasteiger partial charge in [0, 0.05) is 27.4 Å². The van der Waals surface area contributed by atoms with Crippen LogP contribution in [0.4, 0.5) is 5.69 Å². The molecule has 0 bridgehead atoms. The summed E-state index contributed by atoms with van der Waals surface area (Å²) < 4.78 is 11.0. The number of amides is 2. The van der Waals surface area contributed by atoms with Crippen LogP contribution in [0.25, 0.3) is 0 Å². The first-order chi connectivity index (χ1) is 19.7. The number of nitrogens with zero attached hydrogens (tertiary/aromatic N) is 1. The largest absolute Gasteiger partial charge is 0.423 e. The molecule has 0 heterocycles. The van der Waals surface area contributed by atoms with Gasteiger partial charge < -0.3 is 14.8 Å². The van der Waals surface area contributed by atoms with Crippen molar-refractivity contribution in [1.29, 1.82) is 0 Å². The number of benzene rings is 4. The predicted octanol–water partition coefficient (Wildman–Crippen LogP) is 5.83. The Hall–Kier alpha value is -4.99. The lowest BCUT2D eigenvalue weighted by molar-refractivity contribution is -0.136. The number of esters is 2. The molecule has 4 aromatic rings. The second-order valence-corrected chi connectivity index (χ2v) is 9.39. The van der Waals surface area contributed by atoms with E-state index in [-0.39, 0.29) is 28.2 Å². The first-order valence-electron chi connectivity index (χ1n) is 12.0. The number of halogens is 2. The number of nitrogens with one attached hydrogen (secondary N) is 2. The van der Waals surface area contributed by atoms with Crippen LogP contribution in [0.15, 0.2) is 96.1 Å². The Labute approximate surface area is 244 Å². The van der Waals surface area contributed by atoms with Gasteiger partial charge in [-0.1, -0.05) is 35.3 Å². The van der Waals surface area contributed by atoms with E-state index in [0.717, 1.165) is 5.56 Å². The average Bonchev–Trinajstić information content (AvgIpc) is 2.94. The molecule has 0 aromatic heterocycles. The lowest BCUT2D eigenvalue weighted by Crippen LogP contribution is -2.32. The molecule has 0 unspecified atom stereocenters. The van der Waals surface area contributed by atoms with Crippen LogP contribution < -0.4 is 20.2 Å². The summed E-state index contributed by atoms with van der Waals surface area (Å²) in [6.45, 7) is 1.85. The number of carbonyl (C=O) groups excluding carboxylic acids is 4. The quantitative estimate of drug-likeness (QED) is 0.0919. The number of hydrogen-bond acceptors (Lipinski definition) is 7. The van der Waals surface area contributed by atoms with Gasteiger partial charge in [0.05, 0.1) is 17.3 Å². The van der Waals surface area contributed by atoms with Crippen LogP contribution in [0.3, 0.4) is 0 Å². The molecule has 0 radical (unpaired) electrons. The van der Waals surface area contributed by atoms with E-state index in [4.69, 9.17) is 32.7 Å². The zero-order valence-corrected chi connectivity index (χ0v) is 22.9.